The lowest BCUT2D eigenvalue weighted by atomic mass is 10.1. The van der Waals surface area contributed by atoms with Gasteiger partial charge >= 0.3 is 5.97 Å². The Morgan fingerprint density at radius 2 is 1.86 bits per heavy atom. The molecule has 1 heterocycles. The third-order valence-corrected chi connectivity index (χ3v) is 3.74. The second-order valence-corrected chi connectivity index (χ2v) is 5.64. The van der Waals surface area contributed by atoms with Crippen molar-refractivity contribution in [3.05, 3.63) is 34.9 Å². The van der Waals surface area contributed by atoms with E-state index in [0.29, 0.717) is 24.9 Å². The standard InChI is InChI=1S/C16H20N2O4/c1-10-6-11(2)8-12(7-10)15(20)17-9-14(19)18-5-3-4-13(18)16(21)22/h6-8,13H,3-5,9H2,1-2H3,(H,17,20)(H,21,22)/t13-/m1/s1. The molecule has 118 valence electrons. The molecule has 2 N–H and O–H groups in total. The summed E-state index contributed by atoms with van der Waals surface area (Å²) >= 11 is 0. The van der Waals surface area contributed by atoms with Crippen molar-refractivity contribution in [1.29, 1.82) is 0 Å². The van der Waals surface area contributed by atoms with Crippen LogP contribution in [-0.2, 0) is 9.59 Å². The van der Waals surface area contributed by atoms with E-state index in [1.165, 1.54) is 4.90 Å². The van der Waals surface area contributed by atoms with Gasteiger partial charge in [0.25, 0.3) is 5.91 Å². The monoisotopic (exact) mass is 304 g/mol. The minimum atomic E-state index is -0.994. The number of nitrogens with zero attached hydrogens (tertiary/aromatic N) is 1. The number of carboxylic acids is 1. The number of nitrogens with one attached hydrogen (secondary N) is 1. The number of carbonyl (C=O) groups is 3. The topological polar surface area (TPSA) is 86.7 Å². The van der Waals surface area contributed by atoms with Gasteiger partial charge in [0.2, 0.25) is 5.91 Å². The molecule has 6 heteroatoms. The van der Waals surface area contributed by atoms with Gasteiger partial charge in [-0.05, 0) is 38.8 Å². The van der Waals surface area contributed by atoms with Gasteiger partial charge in [-0.25, -0.2) is 4.79 Å². The summed E-state index contributed by atoms with van der Waals surface area (Å²) in [5, 5.41) is 11.6. The van der Waals surface area contributed by atoms with Gasteiger partial charge < -0.3 is 15.3 Å². The Labute approximate surface area is 129 Å². The molecule has 0 aromatic heterocycles. The van der Waals surface area contributed by atoms with Crippen molar-refractivity contribution in [1.82, 2.24) is 10.2 Å². The van der Waals surface area contributed by atoms with Crippen LogP contribution in [0.15, 0.2) is 18.2 Å². The van der Waals surface area contributed by atoms with Crippen LogP contribution in [0.3, 0.4) is 0 Å². The van der Waals surface area contributed by atoms with Crippen LogP contribution in [0.25, 0.3) is 0 Å². The number of carboxylic acid groups (broad SMARTS) is 1. The van der Waals surface area contributed by atoms with Gasteiger partial charge in [-0.3, -0.25) is 9.59 Å². The number of aryl methyl sites for hydroxylation is 2. The van der Waals surface area contributed by atoms with Gasteiger partial charge in [0.05, 0.1) is 6.54 Å². The van der Waals surface area contributed by atoms with Gasteiger partial charge in [0.1, 0.15) is 6.04 Å². The Bertz CT molecular complexity index is 592. The first-order valence-corrected chi connectivity index (χ1v) is 7.27. The van der Waals surface area contributed by atoms with Gasteiger partial charge in [-0.2, -0.15) is 0 Å². The molecule has 0 spiro atoms. The van der Waals surface area contributed by atoms with Crippen molar-refractivity contribution >= 4 is 17.8 Å². The van der Waals surface area contributed by atoms with E-state index in [0.717, 1.165) is 11.1 Å². The molecule has 1 fully saturated rings. The Kier molecular flexibility index (Phi) is 4.80. The highest BCUT2D eigenvalue weighted by Gasteiger charge is 2.33. The lowest BCUT2D eigenvalue weighted by molar-refractivity contribution is -0.147. The molecular formula is C16H20N2O4. The van der Waals surface area contributed by atoms with Gasteiger partial charge in [-0.15, -0.1) is 0 Å². The SMILES string of the molecule is Cc1cc(C)cc(C(=O)NCC(=O)N2CCC[C@@H]2C(=O)O)c1. The maximum Gasteiger partial charge on any atom is 0.326 e. The van der Waals surface area contributed by atoms with Crippen LogP contribution in [0.4, 0.5) is 0 Å². The fraction of sp³-hybridized carbons (Fsp3) is 0.438. The number of hydrogen-bond acceptors (Lipinski definition) is 3. The predicted octanol–water partition coefficient (Wildman–Crippen LogP) is 1.11. The van der Waals surface area contributed by atoms with Crippen molar-refractivity contribution < 1.29 is 19.5 Å². The highest BCUT2D eigenvalue weighted by Crippen LogP contribution is 2.17. The Morgan fingerprint density at radius 1 is 1.23 bits per heavy atom. The summed E-state index contributed by atoms with van der Waals surface area (Å²) in [6.07, 6.45) is 1.14. The van der Waals surface area contributed by atoms with Crippen LogP contribution in [0, 0.1) is 13.8 Å². The third-order valence-electron chi connectivity index (χ3n) is 3.74. The molecule has 1 aliphatic rings. The van der Waals surface area contributed by atoms with Crippen molar-refractivity contribution in [2.24, 2.45) is 0 Å². The van der Waals surface area contributed by atoms with Crippen LogP contribution in [-0.4, -0.2) is 46.9 Å². The molecule has 2 amide bonds. The molecule has 22 heavy (non-hydrogen) atoms. The van der Waals surface area contributed by atoms with Crippen LogP contribution >= 0.6 is 0 Å². The van der Waals surface area contributed by atoms with Crippen molar-refractivity contribution in [3.63, 3.8) is 0 Å². The van der Waals surface area contributed by atoms with E-state index in [2.05, 4.69) is 5.32 Å². The summed E-state index contributed by atoms with van der Waals surface area (Å²) in [6.45, 7) is 4.04. The van der Waals surface area contributed by atoms with Crippen LogP contribution < -0.4 is 5.32 Å². The number of rotatable bonds is 4. The molecule has 0 bridgehead atoms. The van der Waals surface area contributed by atoms with E-state index >= 15 is 0 Å². The Balaban J connectivity index is 1.96. The number of benzene rings is 1. The first kappa shape index (κ1) is 16.0. The van der Waals surface area contributed by atoms with Crippen molar-refractivity contribution in [3.8, 4) is 0 Å². The van der Waals surface area contributed by atoms with E-state index in [1.54, 1.807) is 12.1 Å². The first-order valence-electron chi connectivity index (χ1n) is 7.27. The van der Waals surface area contributed by atoms with E-state index in [9.17, 15) is 14.4 Å². The maximum atomic E-state index is 12.1. The van der Waals surface area contributed by atoms with E-state index < -0.39 is 12.0 Å². The fourth-order valence-electron chi connectivity index (χ4n) is 2.79. The predicted molar refractivity (Wildman–Crippen MR) is 80.6 cm³/mol. The zero-order valence-electron chi connectivity index (χ0n) is 12.8. The number of carbonyl (C=O) groups excluding carboxylic acids is 2. The molecule has 2 rings (SSSR count). The number of hydrogen-bond donors (Lipinski definition) is 2. The minimum Gasteiger partial charge on any atom is -0.480 e. The molecule has 1 aromatic carbocycles. The first-order chi connectivity index (χ1) is 10.4. The van der Waals surface area contributed by atoms with E-state index in [4.69, 9.17) is 5.11 Å². The normalized spacial score (nSPS) is 17.4. The van der Waals surface area contributed by atoms with Crippen molar-refractivity contribution in [2.75, 3.05) is 13.1 Å². The summed E-state index contributed by atoms with van der Waals surface area (Å²) in [4.78, 5) is 36.6. The van der Waals surface area contributed by atoms with E-state index in [-0.39, 0.29) is 18.4 Å². The number of amides is 2. The summed E-state index contributed by atoms with van der Waals surface area (Å²) in [6, 6.07) is 4.69. The molecular weight excluding hydrogens is 284 g/mol. The second kappa shape index (κ2) is 6.60. The summed E-state index contributed by atoms with van der Waals surface area (Å²) in [7, 11) is 0. The van der Waals surface area contributed by atoms with Crippen LogP contribution in [0.5, 0.6) is 0 Å². The second-order valence-electron chi connectivity index (χ2n) is 5.64. The number of likely N-dealkylation sites (tertiary alicyclic amines) is 1. The van der Waals surface area contributed by atoms with Crippen LogP contribution in [0.1, 0.15) is 34.3 Å². The molecule has 1 atom stereocenters. The molecule has 1 aliphatic heterocycles. The summed E-state index contributed by atoms with van der Waals surface area (Å²) in [5.74, 6) is -1.68. The molecule has 0 aliphatic carbocycles. The highest BCUT2D eigenvalue weighted by molar-refractivity contribution is 5.97. The minimum absolute atomic E-state index is 0.185. The van der Waals surface area contributed by atoms with E-state index in [1.807, 2.05) is 19.9 Å². The lowest BCUT2D eigenvalue weighted by Crippen LogP contribution is -2.45. The zero-order chi connectivity index (χ0) is 16.3. The molecule has 1 aromatic rings. The fourth-order valence-corrected chi connectivity index (χ4v) is 2.79. The summed E-state index contributed by atoms with van der Waals surface area (Å²) in [5.41, 5.74) is 2.45. The molecule has 0 unspecified atom stereocenters. The third kappa shape index (κ3) is 3.63. The molecule has 0 saturated carbocycles. The average Bonchev–Trinajstić information content (AvgIpc) is 2.93. The zero-order valence-corrected chi connectivity index (χ0v) is 12.8. The Morgan fingerprint density at radius 3 is 2.45 bits per heavy atom. The number of aliphatic carboxylic acids is 1. The molecule has 6 nitrogen and oxygen atoms in total. The average molecular weight is 304 g/mol. The van der Waals surface area contributed by atoms with Gasteiger partial charge in [-0.1, -0.05) is 17.2 Å². The molecule has 0 radical (unpaired) electrons. The highest BCUT2D eigenvalue weighted by atomic mass is 16.4. The maximum absolute atomic E-state index is 12.1. The summed E-state index contributed by atoms with van der Waals surface area (Å²) < 4.78 is 0. The van der Waals surface area contributed by atoms with Crippen LogP contribution in [0.2, 0.25) is 0 Å². The lowest BCUT2D eigenvalue weighted by Gasteiger charge is -2.21. The Hall–Kier alpha value is -2.37. The molecule has 1 saturated heterocycles. The van der Waals surface area contributed by atoms with Gasteiger partial charge in [0.15, 0.2) is 0 Å². The van der Waals surface area contributed by atoms with Crippen molar-refractivity contribution in [2.45, 2.75) is 32.7 Å². The van der Waals surface area contributed by atoms with Gasteiger partial charge in [0, 0.05) is 12.1 Å². The largest absolute Gasteiger partial charge is 0.480 e. The quantitative estimate of drug-likeness (QED) is 0.872. The smallest absolute Gasteiger partial charge is 0.326 e.